The first-order chi connectivity index (χ1) is 6.95. The van der Waals surface area contributed by atoms with Gasteiger partial charge in [0.15, 0.2) is 0 Å². The second-order valence-corrected chi connectivity index (χ2v) is 4.48. The first-order valence-electron chi connectivity index (χ1n) is 5.23. The Balaban J connectivity index is 3.56. The molecule has 0 bridgehead atoms. The summed E-state index contributed by atoms with van der Waals surface area (Å²) in [7, 11) is 0. The number of hydrogen-bond acceptors (Lipinski definition) is 1. The van der Waals surface area contributed by atoms with E-state index in [4.69, 9.17) is 0 Å². The maximum absolute atomic E-state index is 12.2. The molecule has 0 saturated heterocycles. The monoisotopic (exact) mass is 282 g/mol. The molecule has 0 aliphatic heterocycles. The second kappa shape index (κ2) is 8.06. The molecule has 0 aromatic heterocycles. The topological polar surface area (TPSA) is 20.2 Å². The smallest absolute Gasteiger partial charge is 0.363 e. The molecule has 0 aliphatic carbocycles. The summed E-state index contributed by atoms with van der Waals surface area (Å²) in [6, 6.07) is 0. The molecule has 4 heteroatoms. The van der Waals surface area contributed by atoms with Crippen LogP contribution in [-0.2, 0) is 0 Å². The van der Waals surface area contributed by atoms with E-state index in [1.807, 2.05) is 0 Å². The van der Waals surface area contributed by atoms with Crippen molar-refractivity contribution in [2.45, 2.75) is 56.4 Å². The van der Waals surface area contributed by atoms with Crippen molar-refractivity contribution < 1.29 is 13.9 Å². The van der Waals surface area contributed by atoms with Gasteiger partial charge in [0.25, 0.3) is 0 Å². The fourth-order valence-electron chi connectivity index (χ4n) is 1.18. The van der Waals surface area contributed by atoms with Crippen molar-refractivity contribution in [2.24, 2.45) is 0 Å². The van der Waals surface area contributed by atoms with Gasteiger partial charge in [-0.1, -0.05) is 38.5 Å². The van der Waals surface area contributed by atoms with Crippen LogP contribution in [0, 0.1) is 11.8 Å². The molecule has 0 heterocycles. The number of unbranched alkanes of at least 4 members (excludes halogenated alkanes) is 4. The van der Waals surface area contributed by atoms with Crippen molar-refractivity contribution in [1.29, 1.82) is 0 Å². The fraction of sp³-hybridized carbons (Fsp3) is 0.818. The van der Waals surface area contributed by atoms with Gasteiger partial charge in [-0.15, -0.1) is 0 Å². The summed E-state index contributed by atoms with van der Waals surface area (Å²) in [5.41, 5.74) is 0. The van der Waals surface area contributed by atoms with Crippen LogP contribution in [0.15, 0.2) is 0 Å². The van der Waals surface area contributed by atoms with E-state index in [-0.39, 0.29) is 0 Å². The van der Waals surface area contributed by atoms with Crippen LogP contribution in [-0.4, -0.2) is 16.0 Å². The van der Waals surface area contributed by atoms with Crippen molar-refractivity contribution >= 4 is 15.9 Å². The summed E-state index contributed by atoms with van der Waals surface area (Å²) in [6.07, 6.45) is 4.88. The molecule has 1 unspecified atom stereocenters. The van der Waals surface area contributed by atoms with E-state index < -0.39 is 10.9 Å². The summed E-state index contributed by atoms with van der Waals surface area (Å²) in [5, 5.41) is 9.24. The highest BCUT2D eigenvalue weighted by Crippen LogP contribution is 2.19. The fourth-order valence-corrected chi connectivity index (χ4v) is 1.29. The molecule has 0 aliphatic rings. The largest absolute Gasteiger partial charge is 0.380 e. The van der Waals surface area contributed by atoms with Crippen LogP contribution >= 0.6 is 15.9 Å². The van der Waals surface area contributed by atoms with Crippen LogP contribution in [0.3, 0.4) is 0 Å². The minimum absolute atomic E-state index is 0.472. The Morgan fingerprint density at radius 1 is 1.27 bits per heavy atom. The van der Waals surface area contributed by atoms with Crippen LogP contribution in [0.1, 0.15) is 45.4 Å². The molecule has 1 N–H and O–H groups in total. The van der Waals surface area contributed by atoms with Crippen LogP contribution in [0.5, 0.6) is 0 Å². The van der Waals surface area contributed by atoms with E-state index in [0.29, 0.717) is 6.42 Å². The van der Waals surface area contributed by atoms with E-state index >= 15 is 0 Å². The number of aliphatic hydroxyl groups is 1. The van der Waals surface area contributed by atoms with E-state index in [1.54, 1.807) is 5.92 Å². The SMILES string of the molecule is CCCCCCCC(O)C#CC(F)(F)Br. The van der Waals surface area contributed by atoms with Gasteiger partial charge in [-0.05, 0) is 18.8 Å². The highest BCUT2D eigenvalue weighted by Gasteiger charge is 2.19. The van der Waals surface area contributed by atoms with Gasteiger partial charge >= 0.3 is 4.83 Å². The molecule has 0 aromatic rings. The lowest BCUT2D eigenvalue weighted by Gasteiger charge is -2.03. The third-order valence-electron chi connectivity index (χ3n) is 1.96. The maximum atomic E-state index is 12.2. The standard InChI is InChI=1S/C11H17BrF2O/c1-2-3-4-5-6-7-10(15)8-9-11(12,13)14/h10,15H,2-7H2,1H3. The predicted molar refractivity (Wildman–Crippen MR) is 61.0 cm³/mol. The molecule has 88 valence electrons. The Labute approximate surface area is 98.4 Å². The Morgan fingerprint density at radius 2 is 1.87 bits per heavy atom. The molecule has 15 heavy (non-hydrogen) atoms. The average Bonchev–Trinajstić information content (AvgIpc) is 2.13. The number of aliphatic hydroxyl groups excluding tert-OH is 1. The highest BCUT2D eigenvalue weighted by molar-refractivity contribution is 9.10. The summed E-state index contributed by atoms with van der Waals surface area (Å²) in [4.78, 5) is -3.18. The highest BCUT2D eigenvalue weighted by atomic mass is 79.9. The van der Waals surface area contributed by atoms with Crippen molar-refractivity contribution in [2.75, 3.05) is 0 Å². The molecular formula is C11H17BrF2O. The van der Waals surface area contributed by atoms with Crippen LogP contribution in [0.4, 0.5) is 8.78 Å². The molecule has 1 atom stereocenters. The van der Waals surface area contributed by atoms with Gasteiger partial charge in [0, 0.05) is 15.9 Å². The molecule has 0 aromatic carbocycles. The van der Waals surface area contributed by atoms with Crippen molar-refractivity contribution in [3.05, 3.63) is 0 Å². The quantitative estimate of drug-likeness (QED) is 0.447. The Morgan fingerprint density at radius 3 is 2.40 bits per heavy atom. The van der Waals surface area contributed by atoms with E-state index in [9.17, 15) is 13.9 Å². The zero-order valence-corrected chi connectivity index (χ0v) is 10.5. The number of rotatable bonds is 6. The minimum atomic E-state index is -3.18. The maximum Gasteiger partial charge on any atom is 0.363 e. The summed E-state index contributed by atoms with van der Waals surface area (Å²) in [6.45, 7) is 2.12. The third-order valence-corrected chi connectivity index (χ3v) is 2.16. The van der Waals surface area contributed by atoms with Crippen molar-refractivity contribution in [1.82, 2.24) is 0 Å². The van der Waals surface area contributed by atoms with Gasteiger partial charge < -0.3 is 5.11 Å². The van der Waals surface area contributed by atoms with Gasteiger partial charge in [0.2, 0.25) is 0 Å². The molecule has 0 amide bonds. The summed E-state index contributed by atoms with van der Waals surface area (Å²) >= 11 is 2.09. The van der Waals surface area contributed by atoms with Crippen LogP contribution in [0.2, 0.25) is 0 Å². The molecule has 0 radical (unpaired) electrons. The lowest BCUT2D eigenvalue weighted by Crippen LogP contribution is -2.06. The van der Waals surface area contributed by atoms with Gasteiger partial charge in [0.05, 0.1) is 0 Å². The molecule has 0 spiro atoms. The van der Waals surface area contributed by atoms with E-state index in [2.05, 4.69) is 28.8 Å². The van der Waals surface area contributed by atoms with E-state index in [0.717, 1.165) is 25.7 Å². The summed E-state index contributed by atoms with van der Waals surface area (Å²) in [5.74, 6) is 3.78. The average molecular weight is 283 g/mol. The first-order valence-corrected chi connectivity index (χ1v) is 6.02. The summed E-state index contributed by atoms with van der Waals surface area (Å²) < 4.78 is 24.4. The lowest BCUT2D eigenvalue weighted by atomic mass is 10.1. The normalized spacial score (nSPS) is 13.1. The Kier molecular flexibility index (Phi) is 7.99. The molecule has 0 saturated carbocycles. The van der Waals surface area contributed by atoms with Crippen molar-refractivity contribution in [3.8, 4) is 11.8 Å². The van der Waals surface area contributed by atoms with Gasteiger partial charge in [-0.25, -0.2) is 0 Å². The third kappa shape index (κ3) is 11.8. The second-order valence-electron chi connectivity index (χ2n) is 3.49. The predicted octanol–water partition coefficient (Wildman–Crippen LogP) is 3.70. The zero-order chi connectivity index (χ0) is 11.7. The molecule has 0 fully saturated rings. The number of halogens is 3. The number of alkyl halides is 3. The van der Waals surface area contributed by atoms with Gasteiger partial charge in [-0.3, -0.25) is 0 Å². The Hall–Kier alpha value is -0.140. The lowest BCUT2D eigenvalue weighted by molar-refractivity contribution is 0.179. The first kappa shape index (κ1) is 14.9. The van der Waals surface area contributed by atoms with Gasteiger partial charge in [0.1, 0.15) is 6.10 Å². The van der Waals surface area contributed by atoms with Crippen LogP contribution in [0.25, 0.3) is 0 Å². The minimum Gasteiger partial charge on any atom is -0.380 e. The molecule has 0 rings (SSSR count). The zero-order valence-electron chi connectivity index (χ0n) is 8.90. The van der Waals surface area contributed by atoms with Crippen LogP contribution < -0.4 is 0 Å². The Bertz CT molecular complexity index is 215. The molecular weight excluding hydrogens is 266 g/mol. The van der Waals surface area contributed by atoms with E-state index in [1.165, 1.54) is 6.42 Å². The van der Waals surface area contributed by atoms with Crippen molar-refractivity contribution in [3.63, 3.8) is 0 Å². The number of hydrogen-bond donors (Lipinski definition) is 1. The van der Waals surface area contributed by atoms with Gasteiger partial charge in [-0.2, -0.15) is 8.78 Å². The molecule has 1 nitrogen and oxygen atoms in total.